The van der Waals surface area contributed by atoms with Gasteiger partial charge in [-0.2, -0.15) is 0 Å². The monoisotopic (exact) mass is 386 g/mol. The largest absolute Gasteiger partial charge is 0.360 e. The molecule has 1 heterocycles. The second-order valence-electron chi connectivity index (χ2n) is 6.56. The van der Waals surface area contributed by atoms with Crippen molar-refractivity contribution in [1.29, 1.82) is 0 Å². The molecule has 0 spiro atoms. The number of fused-ring (bicyclic) bond motifs is 1. The summed E-state index contributed by atoms with van der Waals surface area (Å²) >= 11 is 0. The zero-order chi connectivity index (χ0) is 20.4. The number of hydrogen-bond donors (Lipinski definition) is 2. The van der Waals surface area contributed by atoms with E-state index in [0.717, 1.165) is 11.4 Å². The van der Waals surface area contributed by atoms with Gasteiger partial charge in [0.05, 0.1) is 21.9 Å². The van der Waals surface area contributed by atoms with Crippen molar-refractivity contribution in [2.45, 2.75) is 0 Å². The molecular formula is C22H18N4O3. The van der Waals surface area contributed by atoms with E-state index in [-0.39, 0.29) is 11.6 Å². The van der Waals surface area contributed by atoms with Crippen molar-refractivity contribution < 1.29 is 9.72 Å². The van der Waals surface area contributed by atoms with Gasteiger partial charge in [-0.25, -0.2) is 0 Å². The van der Waals surface area contributed by atoms with Crippen LogP contribution >= 0.6 is 0 Å². The number of anilines is 3. The standard InChI is InChI=1S/C22H18N4O3/c1-25(15-7-3-2-4-8-15)21-10-6-5-9-20(21)24-22(27)18-14-23-19-12-11-16(26(28)29)13-17(18)19/h2-14,23H,1H3,(H,24,27). The van der Waals surface area contributed by atoms with Crippen LogP contribution in [0.2, 0.25) is 0 Å². The van der Waals surface area contributed by atoms with E-state index in [9.17, 15) is 14.9 Å². The predicted molar refractivity (Wildman–Crippen MR) is 114 cm³/mol. The second kappa shape index (κ2) is 7.47. The minimum atomic E-state index is -0.474. The molecule has 1 aromatic heterocycles. The lowest BCUT2D eigenvalue weighted by Gasteiger charge is -2.22. The summed E-state index contributed by atoms with van der Waals surface area (Å²) in [5, 5.41) is 14.5. The van der Waals surface area contributed by atoms with E-state index in [1.54, 1.807) is 12.3 Å². The maximum atomic E-state index is 13.0. The molecule has 7 nitrogen and oxygen atoms in total. The average molecular weight is 386 g/mol. The number of nitro benzene ring substituents is 1. The van der Waals surface area contributed by atoms with Gasteiger partial charge in [-0.15, -0.1) is 0 Å². The van der Waals surface area contributed by atoms with Crippen LogP contribution in [0.15, 0.2) is 79.0 Å². The first-order chi connectivity index (χ1) is 14.0. The van der Waals surface area contributed by atoms with Crippen LogP contribution in [0.4, 0.5) is 22.7 Å². The number of hydrogen-bond acceptors (Lipinski definition) is 4. The molecule has 4 rings (SSSR count). The van der Waals surface area contributed by atoms with E-state index in [1.807, 2.05) is 66.5 Å². The maximum Gasteiger partial charge on any atom is 0.270 e. The van der Waals surface area contributed by atoms with Crippen molar-refractivity contribution in [3.8, 4) is 0 Å². The highest BCUT2D eigenvalue weighted by atomic mass is 16.6. The fraction of sp³-hybridized carbons (Fsp3) is 0.0455. The summed E-state index contributed by atoms with van der Waals surface area (Å²) in [6.07, 6.45) is 1.56. The van der Waals surface area contributed by atoms with E-state index in [0.29, 0.717) is 22.2 Å². The lowest BCUT2D eigenvalue weighted by atomic mass is 10.1. The summed E-state index contributed by atoms with van der Waals surface area (Å²) in [7, 11) is 1.93. The van der Waals surface area contributed by atoms with Crippen molar-refractivity contribution in [3.05, 3.63) is 94.7 Å². The van der Waals surface area contributed by atoms with Crippen LogP contribution < -0.4 is 10.2 Å². The number of para-hydroxylation sites is 3. The Hall–Kier alpha value is -4.13. The Balaban J connectivity index is 1.67. The number of aromatic amines is 1. The van der Waals surface area contributed by atoms with E-state index in [1.165, 1.54) is 12.1 Å². The molecule has 0 saturated heterocycles. The summed E-state index contributed by atoms with van der Waals surface area (Å²) in [6, 6.07) is 21.7. The van der Waals surface area contributed by atoms with E-state index in [4.69, 9.17) is 0 Å². The number of aromatic nitrogens is 1. The number of non-ortho nitro benzene ring substituents is 1. The summed E-state index contributed by atoms with van der Waals surface area (Å²) < 4.78 is 0. The third-order valence-electron chi connectivity index (χ3n) is 4.78. The molecule has 0 radical (unpaired) electrons. The Morgan fingerprint density at radius 1 is 1.03 bits per heavy atom. The summed E-state index contributed by atoms with van der Waals surface area (Å²) in [4.78, 5) is 28.5. The fourth-order valence-electron chi connectivity index (χ4n) is 3.26. The molecule has 0 aliphatic carbocycles. The second-order valence-corrected chi connectivity index (χ2v) is 6.56. The van der Waals surface area contributed by atoms with Crippen molar-refractivity contribution >= 4 is 39.6 Å². The number of carbonyl (C=O) groups is 1. The van der Waals surface area contributed by atoms with Gasteiger partial charge in [0.25, 0.3) is 11.6 Å². The van der Waals surface area contributed by atoms with Crippen molar-refractivity contribution in [3.63, 3.8) is 0 Å². The van der Waals surface area contributed by atoms with Gasteiger partial charge in [0, 0.05) is 42.0 Å². The molecule has 0 aliphatic heterocycles. The molecule has 0 fully saturated rings. The van der Waals surface area contributed by atoms with Gasteiger partial charge in [0.1, 0.15) is 0 Å². The molecule has 3 aromatic carbocycles. The summed E-state index contributed by atoms with van der Waals surface area (Å²) in [6.45, 7) is 0. The Bertz CT molecular complexity index is 1200. The van der Waals surface area contributed by atoms with Gasteiger partial charge in [-0.3, -0.25) is 14.9 Å². The minimum Gasteiger partial charge on any atom is -0.360 e. The molecular weight excluding hydrogens is 368 g/mol. The van der Waals surface area contributed by atoms with Crippen molar-refractivity contribution in [1.82, 2.24) is 4.98 Å². The molecule has 0 bridgehead atoms. The van der Waals surface area contributed by atoms with Crippen LogP contribution in [0.3, 0.4) is 0 Å². The summed E-state index contributed by atoms with van der Waals surface area (Å²) in [5.74, 6) is -0.342. The molecule has 0 saturated carbocycles. The highest BCUT2D eigenvalue weighted by molar-refractivity contribution is 6.14. The number of benzene rings is 3. The van der Waals surface area contributed by atoms with Gasteiger partial charge >= 0.3 is 0 Å². The van der Waals surface area contributed by atoms with Gasteiger partial charge in [-0.1, -0.05) is 30.3 Å². The average Bonchev–Trinajstić information content (AvgIpc) is 3.17. The molecule has 29 heavy (non-hydrogen) atoms. The van der Waals surface area contributed by atoms with E-state index in [2.05, 4.69) is 10.3 Å². The number of nitrogens with zero attached hydrogens (tertiary/aromatic N) is 2. The Labute approximate surface area is 166 Å². The highest BCUT2D eigenvalue weighted by Gasteiger charge is 2.17. The third-order valence-corrected chi connectivity index (χ3v) is 4.78. The van der Waals surface area contributed by atoms with Gasteiger partial charge in [0.15, 0.2) is 0 Å². The molecule has 7 heteroatoms. The van der Waals surface area contributed by atoms with Crippen LogP contribution in [0, 0.1) is 10.1 Å². The summed E-state index contributed by atoms with van der Waals surface area (Å²) in [5.41, 5.74) is 3.41. The molecule has 0 atom stereocenters. The lowest BCUT2D eigenvalue weighted by molar-refractivity contribution is -0.384. The van der Waals surface area contributed by atoms with Crippen molar-refractivity contribution in [2.24, 2.45) is 0 Å². The molecule has 4 aromatic rings. The normalized spacial score (nSPS) is 10.7. The van der Waals surface area contributed by atoms with Crippen LogP contribution in [0.5, 0.6) is 0 Å². The Kier molecular flexibility index (Phi) is 4.70. The zero-order valence-corrected chi connectivity index (χ0v) is 15.6. The number of nitrogens with one attached hydrogen (secondary N) is 2. The number of nitro groups is 1. The van der Waals surface area contributed by atoms with Gasteiger partial charge in [0.2, 0.25) is 0 Å². The van der Waals surface area contributed by atoms with Crippen molar-refractivity contribution in [2.75, 3.05) is 17.3 Å². The smallest absolute Gasteiger partial charge is 0.270 e. The number of rotatable bonds is 5. The Morgan fingerprint density at radius 2 is 1.76 bits per heavy atom. The first-order valence-electron chi connectivity index (χ1n) is 8.99. The highest BCUT2D eigenvalue weighted by Crippen LogP contribution is 2.31. The number of carbonyl (C=O) groups excluding carboxylic acids is 1. The van der Waals surface area contributed by atoms with E-state index >= 15 is 0 Å². The van der Waals surface area contributed by atoms with Gasteiger partial charge in [-0.05, 0) is 30.3 Å². The van der Waals surface area contributed by atoms with E-state index < -0.39 is 4.92 Å². The third kappa shape index (κ3) is 3.53. The predicted octanol–water partition coefficient (Wildman–Crippen LogP) is 5.10. The fourth-order valence-corrected chi connectivity index (χ4v) is 3.26. The maximum absolute atomic E-state index is 13.0. The van der Waals surface area contributed by atoms with Crippen LogP contribution in [-0.4, -0.2) is 22.9 Å². The minimum absolute atomic E-state index is 0.0599. The topological polar surface area (TPSA) is 91.3 Å². The quantitative estimate of drug-likeness (QED) is 0.369. The lowest BCUT2D eigenvalue weighted by Crippen LogP contribution is -2.16. The van der Waals surface area contributed by atoms with Crippen LogP contribution in [0.1, 0.15) is 10.4 Å². The molecule has 1 amide bonds. The number of H-pyrrole nitrogens is 1. The van der Waals surface area contributed by atoms with Crippen LogP contribution in [0.25, 0.3) is 10.9 Å². The first-order valence-corrected chi connectivity index (χ1v) is 8.99. The van der Waals surface area contributed by atoms with Gasteiger partial charge < -0.3 is 15.2 Å². The molecule has 0 aliphatic rings. The zero-order valence-electron chi connectivity index (χ0n) is 15.6. The molecule has 144 valence electrons. The number of amides is 1. The first kappa shape index (κ1) is 18.2. The van der Waals surface area contributed by atoms with Crippen LogP contribution in [-0.2, 0) is 0 Å². The SMILES string of the molecule is CN(c1ccccc1)c1ccccc1NC(=O)c1c[nH]c2ccc([N+](=O)[O-])cc12. The molecule has 2 N–H and O–H groups in total. The molecule has 0 unspecified atom stereocenters. The Morgan fingerprint density at radius 3 is 2.52 bits per heavy atom.